The zero-order valence-corrected chi connectivity index (χ0v) is 16.4. The third-order valence-corrected chi connectivity index (χ3v) is 4.28. The van der Waals surface area contributed by atoms with Crippen molar-refractivity contribution >= 4 is 12.4 Å². The molecule has 1 nitrogen and oxygen atoms in total. The smallest absolute Gasteiger partial charge is 0.0466 e. The van der Waals surface area contributed by atoms with Crippen LogP contribution in [0.5, 0.6) is 0 Å². The van der Waals surface area contributed by atoms with Gasteiger partial charge in [-0.1, -0.05) is 104 Å². The Labute approximate surface area is 147 Å². The summed E-state index contributed by atoms with van der Waals surface area (Å²) in [5.74, 6) is 0. The fourth-order valence-corrected chi connectivity index (χ4v) is 2.78. The summed E-state index contributed by atoms with van der Waals surface area (Å²) in [6, 6.07) is 0. The third kappa shape index (κ3) is 22.5. The molecule has 0 aromatic heterocycles. The summed E-state index contributed by atoms with van der Waals surface area (Å²) < 4.78 is 5.72. The maximum Gasteiger partial charge on any atom is 0.0466 e. The molecule has 0 rings (SSSR count). The maximum absolute atomic E-state index is 5.72. The summed E-state index contributed by atoms with van der Waals surface area (Å²) in [4.78, 5) is 0. The first-order chi connectivity index (χ1) is 10.4. The lowest BCUT2D eigenvalue weighted by Gasteiger charge is -2.05. The zero-order valence-electron chi connectivity index (χ0n) is 15.5. The number of rotatable bonds is 18. The number of hydrogen-bond donors (Lipinski definition) is 0. The molecule has 0 N–H and O–H groups in total. The fraction of sp³-hybridized carbons (Fsp3) is 1.00. The van der Waals surface area contributed by atoms with Crippen LogP contribution in [0.1, 0.15) is 117 Å². The van der Waals surface area contributed by atoms with Crippen LogP contribution in [0, 0.1) is 0 Å². The van der Waals surface area contributed by atoms with E-state index in [0.29, 0.717) is 0 Å². The predicted molar refractivity (Wildman–Crippen MR) is 103 cm³/mol. The van der Waals surface area contributed by atoms with E-state index in [1.807, 2.05) is 0 Å². The molecule has 0 atom stereocenters. The molecule has 0 aromatic carbocycles. The van der Waals surface area contributed by atoms with Crippen LogP contribution in [0.2, 0.25) is 0 Å². The highest BCUT2D eigenvalue weighted by molar-refractivity contribution is 5.85. The lowest BCUT2D eigenvalue weighted by molar-refractivity contribution is 0.125. The van der Waals surface area contributed by atoms with E-state index in [1.54, 1.807) is 0 Å². The minimum absolute atomic E-state index is 0. The molecule has 0 amide bonds. The second-order valence-electron chi connectivity index (χ2n) is 6.56. The highest BCUT2D eigenvalue weighted by Crippen LogP contribution is 2.10. The molecular weight excluding hydrogens is 292 g/mol. The van der Waals surface area contributed by atoms with Gasteiger partial charge in [0, 0.05) is 13.2 Å². The molecule has 0 saturated carbocycles. The van der Waals surface area contributed by atoms with Crippen LogP contribution in [0.25, 0.3) is 0 Å². The van der Waals surface area contributed by atoms with Crippen molar-refractivity contribution in [1.29, 1.82) is 0 Å². The van der Waals surface area contributed by atoms with Gasteiger partial charge >= 0.3 is 0 Å². The van der Waals surface area contributed by atoms with Crippen LogP contribution < -0.4 is 0 Å². The van der Waals surface area contributed by atoms with E-state index in [-0.39, 0.29) is 12.4 Å². The summed E-state index contributed by atoms with van der Waals surface area (Å²) in [6.07, 6.45) is 22.2. The van der Waals surface area contributed by atoms with Gasteiger partial charge in [-0.15, -0.1) is 12.4 Å². The molecule has 0 saturated heterocycles. The molecule has 0 aliphatic heterocycles. The van der Waals surface area contributed by atoms with Gasteiger partial charge in [0.1, 0.15) is 0 Å². The Morgan fingerprint density at radius 3 is 1.00 bits per heavy atom. The van der Waals surface area contributed by atoms with E-state index in [0.717, 1.165) is 13.2 Å². The molecule has 0 aliphatic carbocycles. The van der Waals surface area contributed by atoms with E-state index >= 15 is 0 Å². The first-order valence-electron chi connectivity index (χ1n) is 9.99. The lowest BCUT2D eigenvalue weighted by Crippen LogP contribution is -1.97. The van der Waals surface area contributed by atoms with Crippen molar-refractivity contribution in [3.63, 3.8) is 0 Å². The Morgan fingerprint density at radius 1 is 0.409 bits per heavy atom. The van der Waals surface area contributed by atoms with E-state index in [1.165, 1.54) is 103 Å². The molecule has 0 aromatic rings. The molecular formula is C20H43ClO. The Kier molecular flexibility index (Phi) is 26.2. The number of halogens is 1. The molecule has 0 bridgehead atoms. The Hall–Kier alpha value is 0.250. The first-order valence-corrected chi connectivity index (χ1v) is 9.99. The van der Waals surface area contributed by atoms with Crippen molar-refractivity contribution in [1.82, 2.24) is 0 Å². The topological polar surface area (TPSA) is 9.23 Å². The second-order valence-corrected chi connectivity index (χ2v) is 6.56. The Bertz CT molecular complexity index is 155. The van der Waals surface area contributed by atoms with Crippen LogP contribution in [-0.2, 0) is 4.74 Å². The van der Waals surface area contributed by atoms with Crippen molar-refractivity contribution in [3.8, 4) is 0 Å². The summed E-state index contributed by atoms with van der Waals surface area (Å²) in [5, 5.41) is 0. The molecule has 0 radical (unpaired) electrons. The quantitative estimate of drug-likeness (QED) is 0.233. The second kappa shape index (κ2) is 23.5. The van der Waals surface area contributed by atoms with Gasteiger partial charge in [-0.05, 0) is 12.8 Å². The third-order valence-electron chi connectivity index (χ3n) is 4.28. The normalized spacial score (nSPS) is 10.6. The highest BCUT2D eigenvalue weighted by atomic mass is 35.5. The average Bonchev–Trinajstić information content (AvgIpc) is 2.50. The Morgan fingerprint density at radius 2 is 0.682 bits per heavy atom. The number of hydrogen-bond acceptors (Lipinski definition) is 1. The van der Waals surface area contributed by atoms with Gasteiger partial charge in [0.2, 0.25) is 0 Å². The van der Waals surface area contributed by atoms with Gasteiger partial charge in [0.25, 0.3) is 0 Å². The lowest BCUT2D eigenvalue weighted by atomic mass is 10.1. The van der Waals surface area contributed by atoms with E-state index in [2.05, 4.69) is 13.8 Å². The summed E-state index contributed by atoms with van der Waals surface area (Å²) in [7, 11) is 0. The zero-order chi connectivity index (χ0) is 15.4. The van der Waals surface area contributed by atoms with Gasteiger partial charge in [0.05, 0.1) is 0 Å². The summed E-state index contributed by atoms with van der Waals surface area (Å²) >= 11 is 0. The first kappa shape index (κ1) is 24.5. The number of ether oxygens (including phenoxy) is 1. The largest absolute Gasteiger partial charge is 0.381 e. The minimum atomic E-state index is 0. The maximum atomic E-state index is 5.72. The van der Waals surface area contributed by atoms with Crippen molar-refractivity contribution in [2.45, 2.75) is 117 Å². The van der Waals surface area contributed by atoms with Crippen LogP contribution >= 0.6 is 12.4 Å². The average molecular weight is 335 g/mol. The molecule has 0 spiro atoms. The highest BCUT2D eigenvalue weighted by Gasteiger charge is 1.94. The predicted octanol–water partition coefficient (Wildman–Crippen LogP) is 7.71. The standard InChI is InChI=1S/C20H42O.ClH/c1-3-5-7-9-11-13-15-17-19-21-20-18-16-14-12-10-8-6-4-2;/h3-20H2,1-2H3;1H. The van der Waals surface area contributed by atoms with Crippen molar-refractivity contribution in [2.75, 3.05) is 13.2 Å². The van der Waals surface area contributed by atoms with Gasteiger partial charge in [-0.3, -0.25) is 0 Å². The van der Waals surface area contributed by atoms with Gasteiger partial charge in [-0.25, -0.2) is 0 Å². The molecule has 0 fully saturated rings. The van der Waals surface area contributed by atoms with Crippen LogP contribution in [0.4, 0.5) is 0 Å². The van der Waals surface area contributed by atoms with Crippen LogP contribution in [0.15, 0.2) is 0 Å². The summed E-state index contributed by atoms with van der Waals surface area (Å²) in [5.41, 5.74) is 0. The van der Waals surface area contributed by atoms with Gasteiger partial charge in [-0.2, -0.15) is 0 Å². The van der Waals surface area contributed by atoms with Crippen LogP contribution in [-0.4, -0.2) is 13.2 Å². The summed E-state index contributed by atoms with van der Waals surface area (Å²) in [6.45, 7) is 6.55. The molecule has 2 heteroatoms. The molecule has 0 unspecified atom stereocenters. The molecule has 0 heterocycles. The van der Waals surface area contributed by atoms with Crippen LogP contribution in [0.3, 0.4) is 0 Å². The number of unbranched alkanes of at least 4 members (excludes halogenated alkanes) is 14. The molecule has 0 aliphatic rings. The van der Waals surface area contributed by atoms with Crippen molar-refractivity contribution in [2.24, 2.45) is 0 Å². The van der Waals surface area contributed by atoms with E-state index in [9.17, 15) is 0 Å². The van der Waals surface area contributed by atoms with E-state index < -0.39 is 0 Å². The van der Waals surface area contributed by atoms with Gasteiger partial charge < -0.3 is 4.74 Å². The van der Waals surface area contributed by atoms with Crippen molar-refractivity contribution in [3.05, 3.63) is 0 Å². The monoisotopic (exact) mass is 334 g/mol. The Balaban J connectivity index is 0. The fourth-order valence-electron chi connectivity index (χ4n) is 2.78. The SMILES string of the molecule is CCCCCCCCCCOCCCCCCCCCC.Cl. The van der Waals surface area contributed by atoms with Gasteiger partial charge in [0.15, 0.2) is 0 Å². The van der Waals surface area contributed by atoms with E-state index in [4.69, 9.17) is 4.74 Å². The van der Waals surface area contributed by atoms with Crippen molar-refractivity contribution < 1.29 is 4.74 Å². The molecule has 22 heavy (non-hydrogen) atoms. The molecule has 136 valence electrons. The minimum Gasteiger partial charge on any atom is -0.381 e.